The van der Waals surface area contributed by atoms with E-state index in [1.807, 2.05) is 84.9 Å². The molecule has 1 N–H and O–H groups in total. The zero-order chi connectivity index (χ0) is 55.7. The number of halogens is 5. The topological polar surface area (TPSA) is 202 Å². The first kappa shape index (κ1) is 58.1. The molecule has 0 saturated carbocycles. The fourth-order valence-corrected chi connectivity index (χ4v) is 6.59. The van der Waals surface area contributed by atoms with E-state index in [9.17, 15) is 51.6 Å². The number of aromatic hydroxyl groups is 1. The number of nitrogens with zero attached hydrogens (tertiary/aromatic N) is 2. The number of aldehydes is 5. The third-order valence-corrected chi connectivity index (χ3v) is 10.6. The molecule has 2 aromatic heterocycles. The molecule has 392 valence electrons. The molecular formula is C58H43ClF4N2O12. The summed E-state index contributed by atoms with van der Waals surface area (Å²) < 4.78 is 68.0. The average Bonchev–Trinajstić information content (AvgIpc) is 3.94. The van der Waals surface area contributed by atoms with Crippen LogP contribution < -0.4 is 14.2 Å². The zero-order valence-corrected chi connectivity index (χ0v) is 41.1. The van der Waals surface area contributed by atoms with Crippen LogP contribution in [-0.4, -0.2) is 52.8 Å². The number of pyridine rings is 1. The summed E-state index contributed by atoms with van der Waals surface area (Å²) in [7, 11) is 0. The number of rotatable bonds is 14. The maximum Gasteiger partial charge on any atom is 0.573 e. The summed E-state index contributed by atoms with van der Waals surface area (Å²) in [5, 5.41) is 20.6. The third-order valence-electron chi connectivity index (χ3n) is 10.3. The number of fused-ring (bicyclic) bond motifs is 1. The largest absolute Gasteiger partial charge is 0.573 e. The van der Waals surface area contributed by atoms with Gasteiger partial charge in [-0.15, -0.1) is 13.2 Å². The van der Waals surface area contributed by atoms with Crippen molar-refractivity contribution in [2.24, 2.45) is 0 Å². The number of furan rings is 1. The molecule has 14 nitrogen and oxygen atoms in total. The van der Waals surface area contributed by atoms with E-state index in [0.717, 1.165) is 46.5 Å². The number of alkyl halides is 3. The van der Waals surface area contributed by atoms with E-state index < -0.39 is 22.8 Å². The molecule has 0 saturated heterocycles. The number of carbonyl (C=O) groups excluding carboxylic acids is 5. The molecule has 0 spiro atoms. The molecule has 0 bridgehead atoms. The first-order valence-electron chi connectivity index (χ1n) is 22.5. The van der Waals surface area contributed by atoms with Crippen LogP contribution in [0.15, 0.2) is 186 Å². The molecule has 7 aromatic carbocycles. The van der Waals surface area contributed by atoms with Gasteiger partial charge in [-0.05, 0) is 96.4 Å². The van der Waals surface area contributed by atoms with E-state index in [2.05, 4.69) is 9.72 Å². The fraction of sp³-hybridized carbons (Fsp3) is 0.0690. The van der Waals surface area contributed by atoms with Crippen LogP contribution in [0.3, 0.4) is 0 Å². The highest BCUT2D eigenvalue weighted by Crippen LogP contribution is 2.28. The number of para-hydroxylation sites is 1. The van der Waals surface area contributed by atoms with Gasteiger partial charge in [-0.1, -0.05) is 103 Å². The lowest BCUT2D eigenvalue weighted by molar-refractivity contribution is -0.384. The van der Waals surface area contributed by atoms with Gasteiger partial charge in [0.25, 0.3) is 5.69 Å². The van der Waals surface area contributed by atoms with Crippen molar-refractivity contribution < 1.29 is 70.2 Å². The van der Waals surface area contributed by atoms with Crippen LogP contribution >= 0.6 is 11.6 Å². The number of aromatic nitrogens is 1. The van der Waals surface area contributed by atoms with Crippen LogP contribution in [0.4, 0.5) is 23.2 Å². The SMILES string of the molecule is Cc1c(F)cccc1C=O.O=Cc1cc(OC(F)(F)F)ccc1O.O=Cc1cc(OCc2ccccc2)cc(OCc2ccccc2)c1.O=Cc1cc2ccccc2nc1Cl.O=Cc1ccc(-c2ccc([N+](=O)[O-])cc2)o1. The van der Waals surface area contributed by atoms with Crippen LogP contribution in [0.1, 0.15) is 68.7 Å². The molecule has 19 heteroatoms. The van der Waals surface area contributed by atoms with E-state index in [1.54, 1.807) is 61.5 Å². The van der Waals surface area contributed by atoms with E-state index in [-0.39, 0.29) is 34.3 Å². The molecule has 2 heterocycles. The number of nitro groups is 1. The molecule has 0 radical (unpaired) electrons. The highest BCUT2D eigenvalue weighted by Gasteiger charge is 2.31. The van der Waals surface area contributed by atoms with Crippen LogP contribution in [-0.2, 0) is 13.2 Å². The van der Waals surface area contributed by atoms with Gasteiger partial charge >= 0.3 is 6.36 Å². The van der Waals surface area contributed by atoms with Gasteiger partial charge in [-0.2, -0.15) is 0 Å². The Balaban J connectivity index is 0.000000184. The molecular weight excluding hydrogens is 1030 g/mol. The van der Waals surface area contributed by atoms with Crippen molar-refractivity contribution in [2.75, 3.05) is 0 Å². The lowest BCUT2D eigenvalue weighted by atomic mass is 10.1. The Morgan fingerprint density at radius 3 is 1.73 bits per heavy atom. The summed E-state index contributed by atoms with van der Waals surface area (Å²) in [5.41, 5.74) is 5.19. The summed E-state index contributed by atoms with van der Waals surface area (Å²) in [4.78, 5) is 66.6. The number of phenols is 1. The molecule has 77 heavy (non-hydrogen) atoms. The second-order valence-corrected chi connectivity index (χ2v) is 16.0. The van der Waals surface area contributed by atoms with Crippen LogP contribution in [0.25, 0.3) is 22.2 Å². The quantitative estimate of drug-likeness (QED) is 0.0354. The number of benzene rings is 7. The van der Waals surface area contributed by atoms with Crippen molar-refractivity contribution in [2.45, 2.75) is 26.5 Å². The Morgan fingerprint density at radius 1 is 0.623 bits per heavy atom. The van der Waals surface area contributed by atoms with Gasteiger partial charge in [0.15, 0.2) is 24.6 Å². The Morgan fingerprint density at radius 2 is 1.21 bits per heavy atom. The van der Waals surface area contributed by atoms with Crippen molar-refractivity contribution in [1.82, 2.24) is 4.98 Å². The first-order chi connectivity index (χ1) is 37.0. The molecule has 0 atom stereocenters. The van der Waals surface area contributed by atoms with Crippen molar-refractivity contribution >= 4 is 59.6 Å². The Kier molecular flexibility index (Phi) is 22.0. The van der Waals surface area contributed by atoms with Crippen LogP contribution in [0.5, 0.6) is 23.0 Å². The molecule has 9 rings (SSSR count). The smallest absolute Gasteiger partial charge is 0.507 e. The normalized spacial score (nSPS) is 10.2. The van der Waals surface area contributed by atoms with Gasteiger partial charge in [-0.3, -0.25) is 34.1 Å². The minimum Gasteiger partial charge on any atom is -0.507 e. The predicted molar refractivity (Wildman–Crippen MR) is 278 cm³/mol. The van der Waals surface area contributed by atoms with Crippen molar-refractivity contribution in [1.29, 1.82) is 0 Å². The summed E-state index contributed by atoms with van der Waals surface area (Å²) in [6.45, 7) is 2.47. The van der Waals surface area contributed by atoms with E-state index in [4.69, 9.17) is 30.6 Å². The van der Waals surface area contributed by atoms with Crippen molar-refractivity contribution in [3.05, 3.63) is 248 Å². The number of carbonyl (C=O) groups is 5. The van der Waals surface area contributed by atoms with Gasteiger partial charge in [0.1, 0.15) is 65.5 Å². The Hall–Kier alpha value is -9.81. The van der Waals surface area contributed by atoms with Crippen LogP contribution in [0, 0.1) is 22.9 Å². The highest BCUT2D eigenvalue weighted by atomic mass is 35.5. The maximum absolute atomic E-state index is 12.6. The number of phenolic OH excluding ortho intramolecular Hbond substituents is 1. The second kappa shape index (κ2) is 29.2. The lowest BCUT2D eigenvalue weighted by Gasteiger charge is -2.11. The lowest BCUT2D eigenvalue weighted by Crippen LogP contribution is -2.17. The second-order valence-electron chi connectivity index (χ2n) is 15.7. The standard InChI is InChI=1S/C21H18O3.C11H7NO4.C10H6ClNO.C8H5F3O3.C8H7FO/c22-14-19-11-20(23-15-17-7-3-1-4-8-17)13-21(12-19)24-16-18-9-5-2-6-10-18;13-7-10-5-6-11(16-10)8-1-3-9(4-2-8)12(14)15;11-10-8(6-13)5-7-3-1-2-4-9(7)12-10;9-8(10,11)14-6-1-2-7(13)5(3-6)4-12;1-6-7(5-10)3-2-4-8(6)9/h1-14H,15-16H2;1-7H;1-6H;1-4,13H;2-5H,1H3. The average molecular weight is 1070 g/mol. The van der Waals surface area contributed by atoms with Gasteiger partial charge < -0.3 is 23.7 Å². The molecule has 0 aliphatic heterocycles. The molecule has 0 unspecified atom stereocenters. The van der Waals surface area contributed by atoms with Gasteiger partial charge in [0, 0.05) is 40.3 Å². The molecule has 0 aliphatic rings. The third kappa shape index (κ3) is 18.9. The van der Waals surface area contributed by atoms with Gasteiger partial charge in [0.05, 0.1) is 21.6 Å². The summed E-state index contributed by atoms with van der Waals surface area (Å²) >= 11 is 5.76. The summed E-state index contributed by atoms with van der Waals surface area (Å²) in [5.74, 6) is 0.708. The number of hydrogen-bond acceptors (Lipinski definition) is 13. The fourth-order valence-electron chi connectivity index (χ4n) is 6.40. The van der Waals surface area contributed by atoms with E-state index in [0.29, 0.717) is 77.1 Å². The predicted octanol–water partition coefficient (Wildman–Crippen LogP) is 14.1. The Labute approximate surface area is 441 Å². The summed E-state index contributed by atoms with van der Waals surface area (Å²) in [6, 6.07) is 50.5. The first-order valence-corrected chi connectivity index (χ1v) is 22.9. The molecule has 0 aliphatic carbocycles. The summed E-state index contributed by atoms with van der Waals surface area (Å²) in [6.07, 6.45) is -1.81. The van der Waals surface area contributed by atoms with Crippen molar-refractivity contribution in [3.8, 4) is 34.3 Å². The van der Waals surface area contributed by atoms with Gasteiger partial charge in [-0.25, -0.2) is 9.37 Å². The Bertz CT molecular complexity index is 3350. The number of nitro benzene ring substituents is 1. The molecule has 0 fully saturated rings. The number of non-ortho nitro benzene ring substituents is 1. The number of hydrogen-bond donors (Lipinski definition) is 1. The van der Waals surface area contributed by atoms with E-state index in [1.165, 1.54) is 24.3 Å². The maximum atomic E-state index is 12.6. The highest BCUT2D eigenvalue weighted by molar-refractivity contribution is 6.32. The minimum absolute atomic E-state index is 0.0194. The molecule has 9 aromatic rings. The van der Waals surface area contributed by atoms with Gasteiger partial charge in [0.2, 0.25) is 0 Å². The monoisotopic (exact) mass is 1070 g/mol. The minimum atomic E-state index is -4.81. The molecule has 0 amide bonds. The van der Waals surface area contributed by atoms with Crippen LogP contribution in [0.2, 0.25) is 5.15 Å². The zero-order valence-electron chi connectivity index (χ0n) is 40.3. The van der Waals surface area contributed by atoms with Crippen molar-refractivity contribution in [3.63, 3.8) is 0 Å². The van der Waals surface area contributed by atoms with E-state index >= 15 is 0 Å². The number of ether oxygens (including phenoxy) is 3.